The van der Waals surface area contributed by atoms with Gasteiger partial charge in [-0.05, 0) is 16.8 Å². The lowest BCUT2D eigenvalue weighted by atomic mass is 9.99. The number of hydrogen-bond donors (Lipinski definition) is 0. The SMILES string of the molecule is C=Cc1c(F)cc2ccccc2c1C=O. The van der Waals surface area contributed by atoms with E-state index in [1.807, 2.05) is 12.1 Å². The molecule has 0 spiro atoms. The minimum absolute atomic E-state index is 0.267. The molecule has 0 saturated heterocycles. The summed E-state index contributed by atoms with van der Waals surface area (Å²) in [6.45, 7) is 3.51. The van der Waals surface area contributed by atoms with E-state index in [2.05, 4.69) is 6.58 Å². The Morgan fingerprint density at radius 1 is 1.20 bits per heavy atom. The summed E-state index contributed by atoms with van der Waals surface area (Å²) in [6.07, 6.45) is 2.04. The first-order valence-electron chi connectivity index (χ1n) is 4.56. The van der Waals surface area contributed by atoms with Crippen LogP contribution < -0.4 is 0 Å². The van der Waals surface area contributed by atoms with Crippen molar-refractivity contribution >= 4 is 23.1 Å². The Bertz CT molecular complexity index is 543. The van der Waals surface area contributed by atoms with Crippen LogP contribution in [0.2, 0.25) is 0 Å². The van der Waals surface area contributed by atoms with Crippen molar-refractivity contribution in [3.63, 3.8) is 0 Å². The molecular weight excluding hydrogens is 191 g/mol. The molecule has 0 aromatic heterocycles. The fourth-order valence-electron chi connectivity index (χ4n) is 1.69. The monoisotopic (exact) mass is 200 g/mol. The third kappa shape index (κ3) is 1.44. The predicted molar refractivity (Wildman–Crippen MR) is 59.4 cm³/mol. The van der Waals surface area contributed by atoms with Gasteiger partial charge in [-0.1, -0.05) is 36.9 Å². The molecule has 2 aromatic rings. The van der Waals surface area contributed by atoms with Crippen LogP contribution in [0.1, 0.15) is 15.9 Å². The summed E-state index contributed by atoms with van der Waals surface area (Å²) in [5, 5.41) is 1.48. The van der Waals surface area contributed by atoms with Gasteiger partial charge in [0.15, 0.2) is 6.29 Å². The highest BCUT2D eigenvalue weighted by molar-refractivity contribution is 6.01. The van der Waals surface area contributed by atoms with Crippen molar-refractivity contribution in [2.24, 2.45) is 0 Å². The average molecular weight is 200 g/mol. The van der Waals surface area contributed by atoms with Crippen LogP contribution in [0, 0.1) is 5.82 Å². The summed E-state index contributed by atoms with van der Waals surface area (Å²) in [6, 6.07) is 8.62. The lowest BCUT2D eigenvalue weighted by Gasteiger charge is -2.06. The van der Waals surface area contributed by atoms with Gasteiger partial charge in [-0.15, -0.1) is 0 Å². The van der Waals surface area contributed by atoms with Gasteiger partial charge in [0.05, 0.1) is 0 Å². The largest absolute Gasteiger partial charge is 0.298 e. The molecule has 2 rings (SSSR count). The van der Waals surface area contributed by atoms with Gasteiger partial charge in [0.25, 0.3) is 0 Å². The molecule has 0 unspecified atom stereocenters. The molecule has 0 saturated carbocycles. The number of aldehydes is 1. The first-order chi connectivity index (χ1) is 7.27. The molecule has 1 nitrogen and oxygen atoms in total. The van der Waals surface area contributed by atoms with Crippen LogP contribution in [-0.2, 0) is 0 Å². The number of fused-ring (bicyclic) bond motifs is 1. The lowest BCUT2D eigenvalue weighted by Crippen LogP contribution is -1.93. The summed E-state index contributed by atoms with van der Waals surface area (Å²) in [4.78, 5) is 10.9. The van der Waals surface area contributed by atoms with Gasteiger partial charge in [-0.3, -0.25) is 4.79 Å². The van der Waals surface area contributed by atoms with E-state index >= 15 is 0 Å². The minimum atomic E-state index is -0.411. The van der Waals surface area contributed by atoms with Crippen LogP contribution >= 0.6 is 0 Å². The molecule has 0 heterocycles. The maximum atomic E-state index is 13.5. The van der Waals surface area contributed by atoms with Crippen molar-refractivity contribution in [3.05, 3.63) is 53.9 Å². The van der Waals surface area contributed by atoms with Gasteiger partial charge in [0.1, 0.15) is 5.82 Å². The molecule has 0 atom stereocenters. The molecule has 0 aliphatic rings. The molecular formula is C13H9FO. The zero-order chi connectivity index (χ0) is 10.8. The molecule has 0 amide bonds. The molecule has 2 aromatic carbocycles. The summed E-state index contributed by atoms with van der Waals surface area (Å²) >= 11 is 0. The Morgan fingerprint density at radius 3 is 2.60 bits per heavy atom. The van der Waals surface area contributed by atoms with Crippen molar-refractivity contribution < 1.29 is 9.18 Å². The molecule has 0 bridgehead atoms. The van der Waals surface area contributed by atoms with Gasteiger partial charge in [-0.25, -0.2) is 4.39 Å². The summed E-state index contributed by atoms with van der Waals surface area (Å²) in [5.74, 6) is -0.411. The van der Waals surface area contributed by atoms with Crippen molar-refractivity contribution in [3.8, 4) is 0 Å². The Labute approximate surface area is 86.8 Å². The van der Waals surface area contributed by atoms with Gasteiger partial charge < -0.3 is 0 Å². The van der Waals surface area contributed by atoms with E-state index in [0.29, 0.717) is 11.8 Å². The number of rotatable bonds is 2. The molecule has 2 heteroatoms. The summed E-state index contributed by atoms with van der Waals surface area (Å²) < 4.78 is 13.5. The summed E-state index contributed by atoms with van der Waals surface area (Å²) in [5.41, 5.74) is 0.629. The summed E-state index contributed by atoms with van der Waals surface area (Å²) in [7, 11) is 0. The van der Waals surface area contributed by atoms with E-state index in [1.165, 1.54) is 12.1 Å². The Balaban J connectivity index is 2.97. The maximum Gasteiger partial charge on any atom is 0.151 e. The quantitative estimate of drug-likeness (QED) is 0.679. The highest BCUT2D eigenvalue weighted by atomic mass is 19.1. The average Bonchev–Trinajstić information content (AvgIpc) is 2.27. The van der Waals surface area contributed by atoms with Crippen LogP contribution in [0.15, 0.2) is 36.9 Å². The third-order valence-electron chi connectivity index (χ3n) is 2.40. The number of halogens is 1. The zero-order valence-corrected chi connectivity index (χ0v) is 8.03. The van der Waals surface area contributed by atoms with Gasteiger partial charge in [0.2, 0.25) is 0 Å². The van der Waals surface area contributed by atoms with Crippen LogP contribution in [0.5, 0.6) is 0 Å². The fourth-order valence-corrected chi connectivity index (χ4v) is 1.69. The second-order valence-electron chi connectivity index (χ2n) is 3.23. The normalized spacial score (nSPS) is 10.2. The van der Waals surface area contributed by atoms with Gasteiger partial charge in [0, 0.05) is 11.1 Å². The van der Waals surface area contributed by atoms with Crippen molar-refractivity contribution in [1.29, 1.82) is 0 Å². The van der Waals surface area contributed by atoms with Gasteiger partial charge in [-0.2, -0.15) is 0 Å². The van der Waals surface area contributed by atoms with Crippen LogP contribution in [-0.4, -0.2) is 6.29 Å². The highest BCUT2D eigenvalue weighted by Gasteiger charge is 2.09. The molecule has 0 fully saturated rings. The van der Waals surface area contributed by atoms with Crippen LogP contribution in [0.25, 0.3) is 16.8 Å². The predicted octanol–water partition coefficient (Wildman–Crippen LogP) is 3.43. The standard InChI is InChI=1S/C13H9FO/c1-2-10-12(8-15)11-6-4-3-5-9(11)7-13(10)14/h2-8H,1H2. The number of carbonyl (C=O) groups excluding carboxylic acids is 1. The second kappa shape index (κ2) is 3.65. The molecule has 0 aliphatic carbocycles. The van der Waals surface area contributed by atoms with E-state index in [1.54, 1.807) is 12.1 Å². The zero-order valence-electron chi connectivity index (χ0n) is 8.03. The fraction of sp³-hybridized carbons (Fsp3) is 0. The van der Waals surface area contributed by atoms with Crippen molar-refractivity contribution in [1.82, 2.24) is 0 Å². The van der Waals surface area contributed by atoms with E-state index in [-0.39, 0.29) is 5.56 Å². The number of carbonyl (C=O) groups is 1. The second-order valence-corrected chi connectivity index (χ2v) is 3.23. The minimum Gasteiger partial charge on any atom is -0.298 e. The van der Waals surface area contributed by atoms with Crippen LogP contribution in [0.4, 0.5) is 4.39 Å². The first kappa shape index (κ1) is 9.59. The third-order valence-corrected chi connectivity index (χ3v) is 2.40. The smallest absolute Gasteiger partial charge is 0.151 e. The van der Waals surface area contributed by atoms with E-state index in [0.717, 1.165) is 10.8 Å². The van der Waals surface area contributed by atoms with E-state index < -0.39 is 5.82 Å². The van der Waals surface area contributed by atoms with E-state index in [4.69, 9.17) is 0 Å². The van der Waals surface area contributed by atoms with E-state index in [9.17, 15) is 9.18 Å². The lowest BCUT2D eigenvalue weighted by molar-refractivity contribution is 0.112. The molecule has 0 aliphatic heterocycles. The topological polar surface area (TPSA) is 17.1 Å². The number of benzene rings is 2. The maximum absolute atomic E-state index is 13.5. The van der Waals surface area contributed by atoms with Crippen molar-refractivity contribution in [2.75, 3.05) is 0 Å². The first-order valence-corrected chi connectivity index (χ1v) is 4.56. The van der Waals surface area contributed by atoms with Gasteiger partial charge >= 0.3 is 0 Å². The Morgan fingerprint density at radius 2 is 1.93 bits per heavy atom. The molecule has 0 N–H and O–H groups in total. The van der Waals surface area contributed by atoms with Crippen molar-refractivity contribution in [2.45, 2.75) is 0 Å². The molecule has 15 heavy (non-hydrogen) atoms. The Kier molecular flexibility index (Phi) is 2.34. The molecule has 0 radical (unpaired) electrons. The van der Waals surface area contributed by atoms with Crippen LogP contribution in [0.3, 0.4) is 0 Å². The number of hydrogen-bond acceptors (Lipinski definition) is 1. The molecule has 74 valence electrons. The highest BCUT2D eigenvalue weighted by Crippen LogP contribution is 2.24. The Hall–Kier alpha value is -1.96.